The minimum absolute atomic E-state index is 0.0658. The van der Waals surface area contributed by atoms with Crippen LogP contribution in [0.5, 0.6) is 0 Å². The lowest BCUT2D eigenvalue weighted by molar-refractivity contribution is 0.0480. The second kappa shape index (κ2) is 7.96. The van der Waals surface area contributed by atoms with Crippen molar-refractivity contribution in [3.8, 4) is 0 Å². The van der Waals surface area contributed by atoms with Crippen LogP contribution in [-0.2, 0) is 9.09 Å². The highest BCUT2D eigenvalue weighted by molar-refractivity contribution is 7.65. The van der Waals surface area contributed by atoms with Crippen LogP contribution in [0.25, 0.3) is 0 Å². The van der Waals surface area contributed by atoms with Gasteiger partial charge in [0.05, 0.1) is 11.4 Å². The van der Waals surface area contributed by atoms with Crippen LogP contribution in [0, 0.1) is 17.8 Å². The third-order valence-electron chi connectivity index (χ3n) is 4.77. The molecule has 1 aliphatic rings. The van der Waals surface area contributed by atoms with Crippen molar-refractivity contribution < 1.29 is 9.09 Å². The van der Waals surface area contributed by atoms with E-state index in [1.54, 1.807) is 0 Å². The summed E-state index contributed by atoms with van der Waals surface area (Å²) in [5, 5.41) is 4.00. The molecule has 130 valence electrons. The van der Waals surface area contributed by atoms with Crippen molar-refractivity contribution in [2.75, 3.05) is 0 Å². The Balaban J connectivity index is 2.27. The molecule has 4 heteroatoms. The Morgan fingerprint density at radius 2 is 1.78 bits per heavy atom. The summed E-state index contributed by atoms with van der Waals surface area (Å²) in [6.45, 7) is 10.8. The maximum Gasteiger partial charge on any atom is 0.300 e. The van der Waals surface area contributed by atoms with Gasteiger partial charge in [-0.15, -0.1) is 0 Å². The molecule has 0 aliphatic heterocycles. The van der Waals surface area contributed by atoms with Gasteiger partial charge in [0.15, 0.2) is 0 Å². The number of hydrogen-bond donors (Lipinski definition) is 1. The molecule has 4 atom stereocenters. The van der Waals surface area contributed by atoms with Crippen LogP contribution in [0.3, 0.4) is 0 Å². The molecule has 0 amide bonds. The average molecular weight is 337 g/mol. The first-order valence-electron chi connectivity index (χ1n) is 8.93. The lowest BCUT2D eigenvalue weighted by Gasteiger charge is -2.39. The molecule has 1 saturated carbocycles. The van der Waals surface area contributed by atoms with Crippen LogP contribution >= 0.6 is 7.52 Å². The zero-order chi connectivity index (χ0) is 17.0. The van der Waals surface area contributed by atoms with E-state index in [-0.39, 0.29) is 12.1 Å². The summed E-state index contributed by atoms with van der Waals surface area (Å²) in [5.41, 5.74) is 0. The number of benzene rings is 1. The molecular weight excluding hydrogens is 305 g/mol. The van der Waals surface area contributed by atoms with E-state index in [9.17, 15) is 4.57 Å². The van der Waals surface area contributed by atoms with E-state index in [0.29, 0.717) is 17.8 Å². The van der Waals surface area contributed by atoms with Crippen molar-refractivity contribution in [3.63, 3.8) is 0 Å². The highest BCUT2D eigenvalue weighted by Gasteiger charge is 2.38. The van der Waals surface area contributed by atoms with Crippen LogP contribution in [-0.4, -0.2) is 12.1 Å². The molecule has 0 saturated heterocycles. The normalized spacial score (nSPS) is 28.0. The second-order valence-electron chi connectivity index (χ2n) is 7.64. The van der Waals surface area contributed by atoms with Gasteiger partial charge in [-0.1, -0.05) is 45.4 Å². The highest BCUT2D eigenvalue weighted by atomic mass is 31.2. The summed E-state index contributed by atoms with van der Waals surface area (Å²) in [7, 11) is -3.05. The molecule has 2 rings (SSSR count). The van der Waals surface area contributed by atoms with Crippen molar-refractivity contribution in [2.45, 2.75) is 66.0 Å². The third-order valence-corrected chi connectivity index (χ3v) is 7.17. The topological polar surface area (TPSA) is 38.3 Å². The lowest BCUT2D eigenvalue weighted by Crippen LogP contribution is -2.37. The fourth-order valence-corrected chi connectivity index (χ4v) is 5.76. The fourth-order valence-electron chi connectivity index (χ4n) is 3.56. The van der Waals surface area contributed by atoms with Gasteiger partial charge in [0, 0.05) is 6.04 Å². The molecule has 0 unspecified atom stereocenters. The van der Waals surface area contributed by atoms with Crippen molar-refractivity contribution in [1.82, 2.24) is 5.09 Å². The van der Waals surface area contributed by atoms with E-state index in [0.717, 1.165) is 11.7 Å². The Morgan fingerprint density at radius 3 is 2.35 bits per heavy atom. The predicted molar refractivity (Wildman–Crippen MR) is 98.2 cm³/mol. The van der Waals surface area contributed by atoms with Crippen molar-refractivity contribution in [2.24, 2.45) is 17.8 Å². The summed E-state index contributed by atoms with van der Waals surface area (Å²) >= 11 is 0. The lowest BCUT2D eigenvalue weighted by atomic mass is 9.75. The molecule has 0 spiro atoms. The van der Waals surface area contributed by atoms with Crippen LogP contribution in [0.2, 0.25) is 0 Å². The van der Waals surface area contributed by atoms with Gasteiger partial charge in [-0.3, -0.25) is 4.57 Å². The fraction of sp³-hybridized carbons (Fsp3) is 0.684. The van der Waals surface area contributed by atoms with Gasteiger partial charge in [0.1, 0.15) is 0 Å². The summed E-state index contributed by atoms with van der Waals surface area (Å²) in [6, 6.07) is 9.73. The molecule has 0 radical (unpaired) electrons. The van der Waals surface area contributed by atoms with E-state index in [2.05, 4.69) is 25.9 Å². The van der Waals surface area contributed by atoms with Crippen molar-refractivity contribution in [1.29, 1.82) is 0 Å². The minimum atomic E-state index is -3.05. The van der Waals surface area contributed by atoms with Gasteiger partial charge in [0.2, 0.25) is 0 Å². The van der Waals surface area contributed by atoms with Gasteiger partial charge in [0.25, 0.3) is 7.52 Å². The number of rotatable bonds is 6. The Bertz CT molecular complexity index is 529. The van der Waals surface area contributed by atoms with E-state index < -0.39 is 7.52 Å². The van der Waals surface area contributed by atoms with Gasteiger partial charge in [-0.2, -0.15) is 0 Å². The van der Waals surface area contributed by atoms with Crippen molar-refractivity contribution in [3.05, 3.63) is 30.3 Å². The molecule has 0 bridgehead atoms. The summed E-state index contributed by atoms with van der Waals surface area (Å²) in [6.07, 6.45) is 3.48. The molecule has 1 aromatic rings. The monoisotopic (exact) mass is 337 g/mol. The SMILES string of the molecule is CC(C)N[P@@](=O)(O[C@@H]1C[C@@H](C)CC[C@H]1C(C)C)c1ccccc1. The maximum absolute atomic E-state index is 13.6. The zero-order valence-electron chi connectivity index (χ0n) is 15.2. The summed E-state index contributed by atoms with van der Waals surface area (Å²) in [5.74, 6) is 1.67. The van der Waals surface area contributed by atoms with Crippen LogP contribution in [0.4, 0.5) is 0 Å². The maximum atomic E-state index is 13.6. The third kappa shape index (κ3) is 4.92. The molecular formula is C19H32NO2P. The standard InChI is InChI=1S/C19H32NO2P/c1-14(2)18-12-11-16(5)13-19(18)22-23(21,20-15(3)4)17-9-7-6-8-10-17/h6-10,14-16,18-19H,11-13H2,1-5H3,(H,20,21)/t16-,18-,19+,23-/m0/s1. The van der Waals surface area contributed by atoms with Crippen molar-refractivity contribution >= 4 is 12.8 Å². The summed E-state index contributed by atoms with van der Waals surface area (Å²) < 4.78 is 20.0. The molecule has 1 fully saturated rings. The number of hydrogen-bond acceptors (Lipinski definition) is 2. The van der Waals surface area contributed by atoms with E-state index in [1.807, 2.05) is 44.2 Å². The highest BCUT2D eigenvalue weighted by Crippen LogP contribution is 2.48. The Morgan fingerprint density at radius 1 is 1.13 bits per heavy atom. The van der Waals surface area contributed by atoms with Gasteiger partial charge >= 0.3 is 0 Å². The minimum Gasteiger partial charge on any atom is -0.311 e. The largest absolute Gasteiger partial charge is 0.311 e. The Hall–Kier alpha value is -0.630. The number of nitrogens with one attached hydrogen (secondary N) is 1. The molecule has 1 aromatic carbocycles. The van der Waals surface area contributed by atoms with Crippen LogP contribution in [0.15, 0.2) is 30.3 Å². The van der Waals surface area contributed by atoms with Crippen LogP contribution < -0.4 is 10.4 Å². The van der Waals surface area contributed by atoms with E-state index in [1.165, 1.54) is 12.8 Å². The molecule has 1 N–H and O–H groups in total. The van der Waals surface area contributed by atoms with Gasteiger partial charge in [-0.25, -0.2) is 5.09 Å². The second-order valence-corrected chi connectivity index (χ2v) is 9.73. The Labute approximate surface area is 141 Å². The van der Waals surface area contributed by atoms with E-state index in [4.69, 9.17) is 4.52 Å². The smallest absolute Gasteiger partial charge is 0.300 e. The first kappa shape index (κ1) is 18.7. The summed E-state index contributed by atoms with van der Waals surface area (Å²) in [4.78, 5) is 0. The molecule has 23 heavy (non-hydrogen) atoms. The molecule has 1 aliphatic carbocycles. The first-order chi connectivity index (χ1) is 10.8. The molecule has 0 aromatic heterocycles. The average Bonchev–Trinajstić information content (AvgIpc) is 2.47. The predicted octanol–water partition coefficient (Wildman–Crippen LogP) is 4.98. The molecule has 0 heterocycles. The molecule has 3 nitrogen and oxygen atoms in total. The Kier molecular flexibility index (Phi) is 6.48. The van der Waals surface area contributed by atoms with Gasteiger partial charge < -0.3 is 4.52 Å². The first-order valence-corrected chi connectivity index (χ1v) is 10.6. The zero-order valence-corrected chi connectivity index (χ0v) is 16.1. The van der Waals surface area contributed by atoms with E-state index >= 15 is 0 Å². The van der Waals surface area contributed by atoms with Crippen LogP contribution in [0.1, 0.15) is 53.9 Å². The quantitative estimate of drug-likeness (QED) is 0.744. The van der Waals surface area contributed by atoms with Gasteiger partial charge in [-0.05, 0) is 56.6 Å².